The number of likely N-dealkylation sites (tertiary alicyclic amines) is 1. The molecule has 1 unspecified atom stereocenters. The Morgan fingerprint density at radius 1 is 0.873 bits per heavy atom. The third kappa shape index (κ3) is 7.82. The number of carbonyl (C=O) groups excluding carboxylic acids is 4. The highest BCUT2D eigenvalue weighted by Crippen LogP contribution is 2.31. The molecule has 8 rings (SSSR count). The van der Waals surface area contributed by atoms with Crippen molar-refractivity contribution in [3.63, 3.8) is 0 Å². The molecule has 0 radical (unpaired) electrons. The minimum atomic E-state index is -0.998. The van der Waals surface area contributed by atoms with Gasteiger partial charge < -0.3 is 24.6 Å². The number of piperidine rings is 2. The molecule has 3 saturated heterocycles. The highest BCUT2D eigenvalue weighted by Gasteiger charge is 2.44. The van der Waals surface area contributed by atoms with Crippen LogP contribution in [0.15, 0.2) is 54.9 Å². The van der Waals surface area contributed by atoms with Crippen LogP contribution in [0.1, 0.15) is 65.7 Å². The number of rotatable bonds is 13. The smallest absolute Gasteiger partial charge is 0.262 e. The molecule has 55 heavy (non-hydrogen) atoms. The third-order valence-electron chi connectivity index (χ3n) is 10.5. The van der Waals surface area contributed by atoms with Crippen molar-refractivity contribution in [1.82, 2.24) is 30.1 Å². The summed E-state index contributed by atoms with van der Waals surface area (Å²) in [5, 5.41) is 5.08. The average Bonchev–Trinajstić information content (AvgIpc) is 3.40. The van der Waals surface area contributed by atoms with E-state index in [2.05, 4.69) is 30.5 Å². The Hall–Kier alpha value is -5.61. The maximum atomic E-state index is 14.7. The van der Waals surface area contributed by atoms with Gasteiger partial charge in [0.05, 0.1) is 47.3 Å². The highest BCUT2D eigenvalue weighted by molar-refractivity contribution is 6.23. The van der Waals surface area contributed by atoms with Crippen LogP contribution < -0.4 is 20.3 Å². The van der Waals surface area contributed by atoms with Crippen LogP contribution >= 0.6 is 0 Å². The van der Waals surface area contributed by atoms with Gasteiger partial charge in [0.15, 0.2) is 11.6 Å². The van der Waals surface area contributed by atoms with E-state index in [1.165, 1.54) is 12.3 Å². The van der Waals surface area contributed by atoms with Gasteiger partial charge in [-0.3, -0.25) is 34.4 Å². The van der Waals surface area contributed by atoms with Crippen LogP contribution in [-0.2, 0) is 14.3 Å². The van der Waals surface area contributed by atoms with Gasteiger partial charge in [-0.2, -0.15) is 0 Å². The van der Waals surface area contributed by atoms with E-state index < -0.39 is 41.3 Å². The molecular weight excluding hydrogens is 714 g/mol. The van der Waals surface area contributed by atoms with E-state index in [4.69, 9.17) is 9.47 Å². The molecule has 0 bridgehead atoms. The Morgan fingerprint density at radius 2 is 1.69 bits per heavy atom. The minimum absolute atomic E-state index is 0.0668. The maximum absolute atomic E-state index is 14.7. The van der Waals surface area contributed by atoms with E-state index in [1.54, 1.807) is 36.4 Å². The summed E-state index contributed by atoms with van der Waals surface area (Å²) >= 11 is 0. The first kappa shape index (κ1) is 36.4. The van der Waals surface area contributed by atoms with Crippen LogP contribution in [0, 0.1) is 11.6 Å². The van der Waals surface area contributed by atoms with Crippen LogP contribution in [0.3, 0.4) is 0 Å². The zero-order valence-corrected chi connectivity index (χ0v) is 30.0. The number of pyridine rings is 3. The molecule has 4 amide bonds. The molecule has 3 fully saturated rings. The molecule has 4 aliphatic rings. The Bertz CT molecular complexity index is 2140. The molecule has 1 aromatic carbocycles. The first-order chi connectivity index (χ1) is 26.7. The summed E-state index contributed by atoms with van der Waals surface area (Å²) in [6, 6.07) is 9.87. The fourth-order valence-electron chi connectivity index (χ4n) is 7.52. The lowest BCUT2D eigenvalue weighted by Gasteiger charge is -2.43. The zero-order chi connectivity index (χ0) is 38.1. The van der Waals surface area contributed by atoms with Gasteiger partial charge in [0.1, 0.15) is 28.9 Å². The monoisotopic (exact) mass is 754 g/mol. The van der Waals surface area contributed by atoms with Crippen LogP contribution in [0.4, 0.5) is 26.1 Å². The first-order valence-electron chi connectivity index (χ1n) is 18.6. The van der Waals surface area contributed by atoms with Gasteiger partial charge in [-0.1, -0.05) is 0 Å². The highest BCUT2D eigenvalue weighted by atomic mass is 19.1. The lowest BCUT2D eigenvalue weighted by atomic mass is 10.0. The first-order valence-corrected chi connectivity index (χ1v) is 18.6. The lowest BCUT2D eigenvalue weighted by Crippen LogP contribution is -2.54. The van der Waals surface area contributed by atoms with E-state index in [0.717, 1.165) is 62.8 Å². The van der Waals surface area contributed by atoms with Gasteiger partial charge in [-0.05, 0) is 75.4 Å². The van der Waals surface area contributed by atoms with Crippen molar-refractivity contribution in [2.24, 2.45) is 0 Å². The van der Waals surface area contributed by atoms with Crippen LogP contribution in [0.5, 0.6) is 5.75 Å². The van der Waals surface area contributed by atoms with Crippen molar-refractivity contribution >= 4 is 52.0 Å². The standard InChI is InChI=1S/C39H40F2N8O6/c40-28-18-33(44-30-5-4-12-42-36(28)30)45-31-19-34(43-20-29(31)41)48-21-25(22-48)55-23-10-14-47(15-11-23)13-2-1-3-16-54-24-6-7-26-27(17-24)39(53)49(38(26)52)32-8-9-35(50)46-37(32)51/h4-7,12,17-20,23,25,32H,1-3,8-11,13-16,21-22H2,(H,43,44,45)(H,46,50,51). The van der Waals surface area contributed by atoms with E-state index in [-0.39, 0.29) is 53.2 Å². The molecule has 0 aliphatic carbocycles. The molecule has 4 aromatic rings. The quantitative estimate of drug-likeness (QED) is 0.147. The second-order valence-corrected chi connectivity index (χ2v) is 14.3. The third-order valence-corrected chi connectivity index (χ3v) is 10.5. The number of ether oxygens (including phenoxy) is 2. The molecule has 7 heterocycles. The Labute approximate surface area is 315 Å². The van der Waals surface area contributed by atoms with Gasteiger partial charge in [-0.25, -0.2) is 18.7 Å². The number of fused-ring (bicyclic) bond motifs is 2. The number of hydrogen-bond donors (Lipinski definition) is 2. The molecule has 16 heteroatoms. The van der Waals surface area contributed by atoms with Gasteiger partial charge in [0.2, 0.25) is 11.8 Å². The number of unbranched alkanes of at least 4 members (excludes halogenated alkanes) is 2. The van der Waals surface area contributed by atoms with Crippen LogP contribution in [0.25, 0.3) is 11.0 Å². The van der Waals surface area contributed by atoms with Gasteiger partial charge in [-0.15, -0.1) is 0 Å². The summed E-state index contributed by atoms with van der Waals surface area (Å²) in [7, 11) is 0. The SMILES string of the molecule is O=C1CCC(N2C(=O)c3ccc(OCCCCCN4CCC(OC5CN(c6cc(Nc7cc(F)c8ncccc8n7)c(F)cn6)C5)CC4)cc3C2=O)C(=O)N1. The predicted octanol–water partition coefficient (Wildman–Crippen LogP) is 4.37. The number of amides is 4. The summed E-state index contributed by atoms with van der Waals surface area (Å²) in [5.41, 5.74) is 1.11. The predicted molar refractivity (Wildman–Crippen MR) is 196 cm³/mol. The fraction of sp³-hybridized carbons (Fsp3) is 0.410. The second-order valence-electron chi connectivity index (χ2n) is 14.3. The number of nitrogens with one attached hydrogen (secondary N) is 2. The van der Waals surface area contributed by atoms with Crippen molar-refractivity contribution in [2.75, 3.05) is 49.5 Å². The number of carbonyl (C=O) groups is 4. The summed E-state index contributed by atoms with van der Waals surface area (Å²) < 4.78 is 41.5. The van der Waals surface area contributed by atoms with Crippen LogP contribution in [-0.4, -0.2) is 106 Å². The summed E-state index contributed by atoms with van der Waals surface area (Å²) in [5.74, 6) is -1.98. The molecule has 0 spiro atoms. The summed E-state index contributed by atoms with van der Waals surface area (Å²) in [6.45, 7) is 4.68. The van der Waals surface area contributed by atoms with E-state index in [1.807, 2.05) is 4.90 Å². The van der Waals surface area contributed by atoms with Crippen molar-refractivity contribution < 1.29 is 37.4 Å². The Balaban J connectivity index is 0.717. The molecule has 3 aromatic heterocycles. The summed E-state index contributed by atoms with van der Waals surface area (Å²) in [4.78, 5) is 67.8. The summed E-state index contributed by atoms with van der Waals surface area (Å²) in [6.07, 6.45) is 7.81. The Kier molecular flexibility index (Phi) is 10.3. The fourth-order valence-corrected chi connectivity index (χ4v) is 7.52. The molecule has 0 saturated carbocycles. The number of aromatic nitrogens is 3. The molecule has 286 valence electrons. The number of nitrogens with zero attached hydrogens (tertiary/aromatic N) is 6. The van der Waals surface area contributed by atoms with E-state index in [0.29, 0.717) is 36.8 Å². The zero-order valence-electron chi connectivity index (χ0n) is 30.0. The average molecular weight is 755 g/mol. The van der Waals surface area contributed by atoms with Crippen molar-refractivity contribution in [1.29, 1.82) is 0 Å². The molecule has 14 nitrogen and oxygen atoms in total. The number of hydrogen-bond acceptors (Lipinski definition) is 12. The molecular formula is C39H40F2N8O6. The van der Waals surface area contributed by atoms with Gasteiger partial charge in [0.25, 0.3) is 11.8 Å². The van der Waals surface area contributed by atoms with Crippen LogP contribution in [0.2, 0.25) is 0 Å². The number of halogens is 2. The molecule has 1 atom stereocenters. The van der Waals surface area contributed by atoms with Gasteiger partial charge >= 0.3 is 0 Å². The van der Waals surface area contributed by atoms with Gasteiger partial charge in [0, 0.05) is 50.9 Å². The second kappa shape index (κ2) is 15.6. The molecule has 2 N–H and O–H groups in total. The topological polar surface area (TPSA) is 159 Å². The molecule has 4 aliphatic heterocycles. The number of benzene rings is 1. The maximum Gasteiger partial charge on any atom is 0.262 e. The van der Waals surface area contributed by atoms with Crippen molar-refractivity contribution in [2.45, 2.75) is 63.2 Å². The minimum Gasteiger partial charge on any atom is -0.494 e. The van der Waals surface area contributed by atoms with Crippen molar-refractivity contribution in [3.8, 4) is 5.75 Å². The largest absolute Gasteiger partial charge is 0.494 e. The van der Waals surface area contributed by atoms with E-state index >= 15 is 0 Å². The van der Waals surface area contributed by atoms with Crippen molar-refractivity contribution in [3.05, 3.63) is 77.6 Å². The van der Waals surface area contributed by atoms with E-state index in [9.17, 15) is 28.0 Å². The Morgan fingerprint density at radius 3 is 2.51 bits per heavy atom. The normalized spacial score (nSPS) is 19.5. The number of anilines is 3. The lowest BCUT2D eigenvalue weighted by molar-refractivity contribution is -0.136. The number of imide groups is 2.